The molecule has 1 aromatic rings. The molecule has 1 heterocycles. The SMILES string of the molecule is CCC1CN(C(=O)c2cc(C)ccc2Br)CCS1. The van der Waals surface area contributed by atoms with E-state index in [1.165, 1.54) is 0 Å². The second-order valence-electron chi connectivity index (χ2n) is 4.64. The molecule has 1 aromatic carbocycles. The fraction of sp³-hybridized carbons (Fsp3) is 0.500. The fourth-order valence-electron chi connectivity index (χ4n) is 2.12. The predicted molar refractivity (Wildman–Crippen MR) is 81.3 cm³/mol. The summed E-state index contributed by atoms with van der Waals surface area (Å²) in [5, 5.41) is 0.589. The summed E-state index contributed by atoms with van der Waals surface area (Å²) in [5.74, 6) is 1.21. The topological polar surface area (TPSA) is 20.3 Å². The quantitative estimate of drug-likeness (QED) is 0.825. The fourth-order valence-corrected chi connectivity index (χ4v) is 3.72. The molecule has 1 aliphatic heterocycles. The van der Waals surface area contributed by atoms with Gasteiger partial charge in [0.25, 0.3) is 5.91 Å². The molecule has 1 unspecified atom stereocenters. The minimum atomic E-state index is 0.157. The number of benzene rings is 1. The minimum Gasteiger partial charge on any atom is -0.337 e. The van der Waals surface area contributed by atoms with Crippen LogP contribution in [0.25, 0.3) is 0 Å². The largest absolute Gasteiger partial charge is 0.337 e. The summed E-state index contributed by atoms with van der Waals surface area (Å²) in [4.78, 5) is 14.5. The zero-order valence-corrected chi connectivity index (χ0v) is 13.2. The van der Waals surface area contributed by atoms with Crippen LogP contribution in [0.5, 0.6) is 0 Å². The van der Waals surface area contributed by atoms with Gasteiger partial charge in [0.2, 0.25) is 0 Å². The Hall–Kier alpha value is -0.480. The summed E-state index contributed by atoms with van der Waals surface area (Å²) >= 11 is 5.46. The van der Waals surface area contributed by atoms with Gasteiger partial charge >= 0.3 is 0 Å². The highest BCUT2D eigenvalue weighted by molar-refractivity contribution is 9.10. The van der Waals surface area contributed by atoms with Gasteiger partial charge in [-0.15, -0.1) is 0 Å². The molecule has 18 heavy (non-hydrogen) atoms. The van der Waals surface area contributed by atoms with Gasteiger partial charge in [0.15, 0.2) is 0 Å². The van der Waals surface area contributed by atoms with Crippen LogP contribution in [-0.4, -0.2) is 34.9 Å². The Bertz CT molecular complexity index is 449. The Kier molecular flexibility index (Phi) is 4.73. The molecule has 2 nitrogen and oxygen atoms in total. The van der Waals surface area contributed by atoms with Crippen molar-refractivity contribution in [3.63, 3.8) is 0 Å². The molecule has 0 bridgehead atoms. The standard InChI is InChI=1S/C14H18BrNOS/c1-3-11-9-16(6-7-18-11)14(17)12-8-10(2)4-5-13(12)15/h4-5,8,11H,3,6-7,9H2,1-2H3. The van der Waals surface area contributed by atoms with E-state index in [-0.39, 0.29) is 5.91 Å². The summed E-state index contributed by atoms with van der Waals surface area (Å²) in [7, 11) is 0. The van der Waals surface area contributed by atoms with E-state index in [2.05, 4.69) is 22.9 Å². The average molecular weight is 328 g/mol. The summed E-state index contributed by atoms with van der Waals surface area (Å²) in [6.45, 7) is 5.94. The van der Waals surface area contributed by atoms with Crippen LogP contribution in [0.3, 0.4) is 0 Å². The maximum Gasteiger partial charge on any atom is 0.255 e. The third-order valence-electron chi connectivity index (χ3n) is 3.23. The minimum absolute atomic E-state index is 0.157. The number of hydrogen-bond donors (Lipinski definition) is 0. The van der Waals surface area contributed by atoms with E-state index in [9.17, 15) is 4.79 Å². The molecule has 1 fully saturated rings. The number of carbonyl (C=O) groups is 1. The molecule has 1 aliphatic rings. The van der Waals surface area contributed by atoms with Gasteiger partial charge in [-0.2, -0.15) is 11.8 Å². The monoisotopic (exact) mass is 327 g/mol. The Morgan fingerprint density at radius 3 is 3.06 bits per heavy atom. The summed E-state index contributed by atoms with van der Waals surface area (Å²) in [6, 6.07) is 5.94. The van der Waals surface area contributed by atoms with Gasteiger partial charge in [-0.25, -0.2) is 0 Å². The van der Waals surface area contributed by atoms with Crippen LogP contribution in [0.1, 0.15) is 29.3 Å². The first-order chi connectivity index (χ1) is 8.61. The van der Waals surface area contributed by atoms with Crippen molar-refractivity contribution in [1.82, 2.24) is 4.90 Å². The number of amides is 1. The highest BCUT2D eigenvalue weighted by Crippen LogP contribution is 2.25. The van der Waals surface area contributed by atoms with Crippen LogP contribution in [0.15, 0.2) is 22.7 Å². The molecule has 0 spiro atoms. The molecule has 4 heteroatoms. The van der Waals surface area contributed by atoms with Crippen molar-refractivity contribution in [1.29, 1.82) is 0 Å². The van der Waals surface area contributed by atoms with Crippen LogP contribution in [0, 0.1) is 6.92 Å². The van der Waals surface area contributed by atoms with Crippen molar-refractivity contribution in [3.8, 4) is 0 Å². The lowest BCUT2D eigenvalue weighted by atomic mass is 10.1. The van der Waals surface area contributed by atoms with E-state index in [4.69, 9.17) is 0 Å². The summed E-state index contributed by atoms with van der Waals surface area (Å²) < 4.78 is 0.893. The molecule has 0 radical (unpaired) electrons. The lowest BCUT2D eigenvalue weighted by Gasteiger charge is -2.32. The molecule has 98 valence electrons. The van der Waals surface area contributed by atoms with E-state index in [1.807, 2.05) is 41.8 Å². The van der Waals surface area contributed by atoms with Crippen molar-refractivity contribution in [2.75, 3.05) is 18.8 Å². The van der Waals surface area contributed by atoms with Crippen LogP contribution in [0.4, 0.5) is 0 Å². The molecule has 2 rings (SSSR count). The zero-order valence-electron chi connectivity index (χ0n) is 10.8. The second-order valence-corrected chi connectivity index (χ2v) is 6.90. The second kappa shape index (κ2) is 6.11. The molecule has 0 N–H and O–H groups in total. The predicted octanol–water partition coefficient (Wildman–Crippen LogP) is 3.73. The van der Waals surface area contributed by atoms with Gasteiger partial charge in [0.1, 0.15) is 0 Å². The molecular weight excluding hydrogens is 310 g/mol. The Morgan fingerprint density at radius 2 is 2.33 bits per heavy atom. The highest BCUT2D eigenvalue weighted by Gasteiger charge is 2.24. The van der Waals surface area contributed by atoms with E-state index in [0.717, 1.165) is 40.9 Å². The number of rotatable bonds is 2. The Morgan fingerprint density at radius 1 is 1.56 bits per heavy atom. The summed E-state index contributed by atoms with van der Waals surface area (Å²) in [6.07, 6.45) is 1.13. The maximum atomic E-state index is 12.5. The lowest BCUT2D eigenvalue weighted by Crippen LogP contribution is -2.41. The number of halogens is 1. The number of hydrogen-bond acceptors (Lipinski definition) is 2. The number of thioether (sulfide) groups is 1. The molecule has 1 saturated heterocycles. The Balaban J connectivity index is 2.17. The van der Waals surface area contributed by atoms with Crippen LogP contribution < -0.4 is 0 Å². The van der Waals surface area contributed by atoms with E-state index in [1.54, 1.807) is 0 Å². The van der Waals surface area contributed by atoms with Crippen molar-refractivity contribution in [2.24, 2.45) is 0 Å². The molecule has 1 amide bonds. The van der Waals surface area contributed by atoms with Gasteiger partial charge in [-0.3, -0.25) is 4.79 Å². The van der Waals surface area contributed by atoms with Gasteiger partial charge in [0, 0.05) is 28.6 Å². The molecule has 0 aliphatic carbocycles. The molecule has 1 atom stereocenters. The average Bonchev–Trinajstić information content (AvgIpc) is 2.41. The van der Waals surface area contributed by atoms with Gasteiger partial charge < -0.3 is 4.90 Å². The number of carbonyl (C=O) groups excluding carboxylic acids is 1. The highest BCUT2D eigenvalue weighted by atomic mass is 79.9. The number of aryl methyl sites for hydroxylation is 1. The first-order valence-electron chi connectivity index (χ1n) is 6.29. The van der Waals surface area contributed by atoms with Crippen molar-refractivity contribution < 1.29 is 4.79 Å². The van der Waals surface area contributed by atoms with Gasteiger partial charge in [-0.1, -0.05) is 18.6 Å². The third kappa shape index (κ3) is 3.09. The van der Waals surface area contributed by atoms with E-state index >= 15 is 0 Å². The Labute approximate surface area is 121 Å². The molecule has 0 aromatic heterocycles. The molecular formula is C14H18BrNOS. The lowest BCUT2D eigenvalue weighted by molar-refractivity contribution is 0.0760. The van der Waals surface area contributed by atoms with E-state index < -0.39 is 0 Å². The van der Waals surface area contributed by atoms with Crippen LogP contribution >= 0.6 is 27.7 Å². The first-order valence-corrected chi connectivity index (χ1v) is 8.13. The summed E-state index contributed by atoms with van der Waals surface area (Å²) in [5.41, 5.74) is 1.91. The van der Waals surface area contributed by atoms with E-state index in [0.29, 0.717) is 5.25 Å². The third-order valence-corrected chi connectivity index (χ3v) is 5.30. The smallest absolute Gasteiger partial charge is 0.255 e. The van der Waals surface area contributed by atoms with Gasteiger partial charge in [0.05, 0.1) is 5.56 Å². The zero-order chi connectivity index (χ0) is 13.1. The molecule has 0 saturated carbocycles. The van der Waals surface area contributed by atoms with Crippen molar-refractivity contribution in [2.45, 2.75) is 25.5 Å². The van der Waals surface area contributed by atoms with Crippen LogP contribution in [0.2, 0.25) is 0 Å². The van der Waals surface area contributed by atoms with Gasteiger partial charge in [-0.05, 0) is 41.4 Å². The number of nitrogens with zero attached hydrogens (tertiary/aromatic N) is 1. The van der Waals surface area contributed by atoms with Crippen LogP contribution in [-0.2, 0) is 0 Å². The first kappa shape index (κ1) is 13.9. The maximum absolute atomic E-state index is 12.5. The van der Waals surface area contributed by atoms with Crippen molar-refractivity contribution in [3.05, 3.63) is 33.8 Å². The normalized spacial score (nSPS) is 19.9. The van der Waals surface area contributed by atoms with Crippen molar-refractivity contribution >= 4 is 33.6 Å².